The van der Waals surface area contributed by atoms with Crippen LogP contribution in [0, 0.1) is 5.92 Å². The Balaban J connectivity index is 0.00000363. The minimum Gasteiger partial charge on any atom is -0.496 e. The molecule has 0 atom stereocenters. The molecule has 0 heterocycles. The number of para-hydroxylation sites is 1. The maximum atomic E-state index is 6.00. The summed E-state index contributed by atoms with van der Waals surface area (Å²) in [4.78, 5) is 4.33. The van der Waals surface area contributed by atoms with Gasteiger partial charge in [0.25, 0.3) is 0 Å². The fourth-order valence-electron chi connectivity index (χ4n) is 3.31. The average molecular weight is 555 g/mol. The summed E-state index contributed by atoms with van der Waals surface area (Å²) in [5.41, 5.74) is 2.09. The van der Waals surface area contributed by atoms with Crippen molar-refractivity contribution in [2.75, 3.05) is 41.5 Å². The maximum Gasteiger partial charge on any atom is 0.191 e. The predicted octanol–water partition coefficient (Wildman–Crippen LogP) is 4.03. The predicted molar refractivity (Wildman–Crippen MR) is 138 cm³/mol. The van der Waals surface area contributed by atoms with Gasteiger partial charge in [-0.25, -0.2) is 0 Å². The molecule has 176 valence electrons. The molecule has 2 N–H and O–H groups in total. The van der Waals surface area contributed by atoms with Crippen LogP contribution in [0.2, 0.25) is 0 Å². The van der Waals surface area contributed by atoms with Crippen molar-refractivity contribution in [1.82, 2.24) is 10.6 Å². The van der Waals surface area contributed by atoms with Gasteiger partial charge in [0.2, 0.25) is 0 Å². The van der Waals surface area contributed by atoms with Gasteiger partial charge in [0.05, 0.1) is 27.9 Å². The minimum absolute atomic E-state index is 0. The zero-order chi connectivity index (χ0) is 22.1. The summed E-state index contributed by atoms with van der Waals surface area (Å²) >= 11 is 0. The third-order valence-corrected chi connectivity index (χ3v) is 5.30. The van der Waals surface area contributed by atoms with Gasteiger partial charge in [0.1, 0.15) is 23.0 Å². The Morgan fingerprint density at radius 3 is 2.25 bits per heavy atom. The Hall–Kier alpha value is -2.36. The molecule has 2 aromatic rings. The van der Waals surface area contributed by atoms with Crippen LogP contribution >= 0.6 is 24.0 Å². The van der Waals surface area contributed by atoms with E-state index in [0.29, 0.717) is 25.3 Å². The molecule has 1 saturated carbocycles. The Labute approximate surface area is 207 Å². The lowest BCUT2D eigenvalue weighted by atomic mass is 10.1. The monoisotopic (exact) mass is 555 g/mol. The standard InChI is InChI=1S/C24H33N3O4.HI/c1-25-24(27-15-18-7-5-6-8-21(18)31-16-17-9-10-17)26-12-11-20-22(29-3)13-19(28-2)14-23(20)30-4;/h5-8,13-14,17H,9-12,15-16H2,1-4H3,(H2,25,26,27);1H. The molecule has 3 rings (SSSR count). The van der Waals surface area contributed by atoms with E-state index in [9.17, 15) is 0 Å². The van der Waals surface area contributed by atoms with Gasteiger partial charge in [-0.2, -0.15) is 0 Å². The Bertz CT molecular complexity index is 862. The molecule has 1 aliphatic rings. The van der Waals surface area contributed by atoms with Gasteiger partial charge in [-0.1, -0.05) is 18.2 Å². The van der Waals surface area contributed by atoms with E-state index in [0.717, 1.165) is 46.9 Å². The second-order valence-corrected chi connectivity index (χ2v) is 7.48. The Morgan fingerprint density at radius 2 is 1.66 bits per heavy atom. The number of hydrogen-bond donors (Lipinski definition) is 2. The second-order valence-electron chi connectivity index (χ2n) is 7.48. The van der Waals surface area contributed by atoms with E-state index in [1.165, 1.54) is 12.8 Å². The Morgan fingerprint density at radius 1 is 0.969 bits per heavy atom. The number of rotatable bonds is 11. The quantitative estimate of drug-likeness (QED) is 0.248. The SMILES string of the molecule is CN=C(NCCc1c(OC)cc(OC)cc1OC)NCc1ccccc1OCC1CC1.I. The van der Waals surface area contributed by atoms with E-state index < -0.39 is 0 Å². The number of methoxy groups -OCH3 is 3. The smallest absolute Gasteiger partial charge is 0.191 e. The molecule has 1 fully saturated rings. The fraction of sp³-hybridized carbons (Fsp3) is 0.458. The van der Waals surface area contributed by atoms with Crippen molar-refractivity contribution in [2.24, 2.45) is 10.9 Å². The summed E-state index contributed by atoms with van der Waals surface area (Å²) in [6.45, 7) is 2.10. The molecular weight excluding hydrogens is 521 g/mol. The first-order valence-corrected chi connectivity index (χ1v) is 10.6. The van der Waals surface area contributed by atoms with Gasteiger partial charge >= 0.3 is 0 Å². The molecule has 0 spiro atoms. The first-order chi connectivity index (χ1) is 15.2. The number of aliphatic imine (C=N–C) groups is 1. The van der Waals surface area contributed by atoms with Crippen LogP contribution in [0.3, 0.4) is 0 Å². The highest BCUT2D eigenvalue weighted by Crippen LogP contribution is 2.34. The third kappa shape index (κ3) is 7.36. The molecular formula is C24H34IN3O4. The largest absolute Gasteiger partial charge is 0.496 e. The molecule has 0 amide bonds. The minimum atomic E-state index is 0. The van der Waals surface area contributed by atoms with Gasteiger partial charge in [-0.05, 0) is 31.2 Å². The highest BCUT2D eigenvalue weighted by Gasteiger charge is 2.22. The van der Waals surface area contributed by atoms with E-state index in [1.54, 1.807) is 28.4 Å². The van der Waals surface area contributed by atoms with Crippen molar-refractivity contribution in [3.8, 4) is 23.0 Å². The molecule has 0 aromatic heterocycles. The van der Waals surface area contributed by atoms with E-state index >= 15 is 0 Å². The number of guanidine groups is 1. The number of nitrogens with zero attached hydrogens (tertiary/aromatic N) is 1. The molecule has 8 heteroatoms. The van der Waals surface area contributed by atoms with Gasteiger partial charge in [0, 0.05) is 43.4 Å². The van der Waals surface area contributed by atoms with Crippen molar-refractivity contribution in [3.05, 3.63) is 47.5 Å². The number of ether oxygens (including phenoxy) is 4. The molecule has 0 bridgehead atoms. The van der Waals surface area contributed by atoms with Gasteiger partial charge in [-0.15, -0.1) is 24.0 Å². The summed E-state index contributed by atoms with van der Waals surface area (Å²) in [5, 5.41) is 6.72. The van der Waals surface area contributed by atoms with E-state index in [4.69, 9.17) is 18.9 Å². The van der Waals surface area contributed by atoms with E-state index in [-0.39, 0.29) is 24.0 Å². The van der Waals surface area contributed by atoms with Gasteiger partial charge in [0.15, 0.2) is 5.96 Å². The number of halogens is 1. The van der Waals surface area contributed by atoms with Crippen molar-refractivity contribution in [1.29, 1.82) is 0 Å². The molecule has 0 aliphatic heterocycles. The molecule has 2 aromatic carbocycles. The molecule has 0 unspecified atom stereocenters. The van der Waals surface area contributed by atoms with Crippen molar-refractivity contribution >= 4 is 29.9 Å². The third-order valence-electron chi connectivity index (χ3n) is 5.30. The van der Waals surface area contributed by atoms with Gasteiger partial charge < -0.3 is 29.6 Å². The van der Waals surface area contributed by atoms with Crippen LogP contribution in [0.15, 0.2) is 41.4 Å². The number of nitrogens with one attached hydrogen (secondary N) is 2. The first-order valence-electron chi connectivity index (χ1n) is 10.6. The summed E-state index contributed by atoms with van der Waals surface area (Å²) < 4.78 is 22.4. The van der Waals surface area contributed by atoms with Crippen LogP contribution in [-0.2, 0) is 13.0 Å². The first kappa shape index (κ1) is 25.9. The zero-order valence-corrected chi connectivity index (χ0v) is 21.6. The lowest BCUT2D eigenvalue weighted by Crippen LogP contribution is -2.38. The van der Waals surface area contributed by atoms with Crippen molar-refractivity contribution in [3.63, 3.8) is 0 Å². The summed E-state index contributed by atoms with van der Waals surface area (Å²) in [7, 11) is 6.68. The zero-order valence-electron chi connectivity index (χ0n) is 19.3. The summed E-state index contributed by atoms with van der Waals surface area (Å²) in [6, 6.07) is 11.9. The Kier molecular flexibility index (Phi) is 10.7. The van der Waals surface area contributed by atoms with Crippen molar-refractivity contribution in [2.45, 2.75) is 25.8 Å². The summed E-state index contributed by atoms with van der Waals surface area (Å²) in [5.74, 6) is 4.56. The molecule has 1 aliphatic carbocycles. The molecule has 0 radical (unpaired) electrons. The normalized spacial score (nSPS) is 13.1. The van der Waals surface area contributed by atoms with Crippen LogP contribution in [0.4, 0.5) is 0 Å². The van der Waals surface area contributed by atoms with Crippen LogP contribution in [0.1, 0.15) is 24.0 Å². The maximum absolute atomic E-state index is 6.00. The molecule has 7 nitrogen and oxygen atoms in total. The fourth-order valence-corrected chi connectivity index (χ4v) is 3.31. The van der Waals surface area contributed by atoms with Gasteiger partial charge in [-0.3, -0.25) is 4.99 Å². The van der Waals surface area contributed by atoms with Crippen LogP contribution in [-0.4, -0.2) is 47.5 Å². The average Bonchev–Trinajstić information content (AvgIpc) is 3.64. The van der Waals surface area contributed by atoms with Crippen LogP contribution in [0.25, 0.3) is 0 Å². The molecule has 32 heavy (non-hydrogen) atoms. The highest BCUT2D eigenvalue weighted by molar-refractivity contribution is 14.0. The molecule has 0 saturated heterocycles. The lowest BCUT2D eigenvalue weighted by molar-refractivity contribution is 0.296. The van der Waals surface area contributed by atoms with E-state index in [1.807, 2.05) is 30.3 Å². The second kappa shape index (κ2) is 13.2. The number of hydrogen-bond acceptors (Lipinski definition) is 5. The summed E-state index contributed by atoms with van der Waals surface area (Å²) in [6.07, 6.45) is 3.26. The van der Waals surface area contributed by atoms with Crippen LogP contribution < -0.4 is 29.6 Å². The van der Waals surface area contributed by atoms with E-state index in [2.05, 4.69) is 21.7 Å². The van der Waals surface area contributed by atoms with Crippen LogP contribution in [0.5, 0.6) is 23.0 Å². The van der Waals surface area contributed by atoms with Crippen molar-refractivity contribution < 1.29 is 18.9 Å². The lowest BCUT2D eigenvalue weighted by Gasteiger charge is -2.17. The topological polar surface area (TPSA) is 73.3 Å². The highest BCUT2D eigenvalue weighted by atomic mass is 127. The number of benzene rings is 2.